The fourth-order valence-corrected chi connectivity index (χ4v) is 1.65. The summed E-state index contributed by atoms with van der Waals surface area (Å²) in [6.45, 7) is 4.65. The average Bonchev–Trinajstić information content (AvgIpc) is 2.46. The number of carbonyl (C=O) groups is 2. The number of nitrogens with two attached hydrogens (primary N) is 1. The number of hydrazine groups is 1. The monoisotopic (exact) mass is 356 g/mol. The van der Waals surface area contributed by atoms with Gasteiger partial charge in [-0.1, -0.05) is 13.3 Å². The maximum Gasteiger partial charge on any atom is 0.429 e. The summed E-state index contributed by atoms with van der Waals surface area (Å²) >= 11 is 0. The lowest BCUT2D eigenvalue weighted by molar-refractivity contribution is -0.201. The third-order valence-corrected chi connectivity index (χ3v) is 2.82. The first-order valence-corrected chi connectivity index (χ1v) is 7.48. The van der Waals surface area contributed by atoms with Gasteiger partial charge in [-0.25, -0.2) is 10.6 Å². The molecule has 0 radical (unpaired) electrons. The van der Waals surface area contributed by atoms with Gasteiger partial charge < -0.3 is 19.7 Å². The van der Waals surface area contributed by atoms with Crippen molar-refractivity contribution >= 4 is 12.1 Å². The fraction of sp³-hybridized carbons (Fsp3) is 0.857. The summed E-state index contributed by atoms with van der Waals surface area (Å²) in [7, 11) is 0. The number of carbonyl (C=O) groups excluding carboxylic acids is 2. The molecule has 4 N–H and O–H groups in total. The van der Waals surface area contributed by atoms with E-state index in [2.05, 4.69) is 4.74 Å². The Morgan fingerprint density at radius 1 is 1.29 bits per heavy atom. The van der Waals surface area contributed by atoms with Crippen LogP contribution in [-0.4, -0.2) is 58.2 Å². The van der Waals surface area contributed by atoms with E-state index < -0.39 is 54.0 Å². The van der Waals surface area contributed by atoms with Crippen LogP contribution in [0.4, 0.5) is 13.6 Å². The summed E-state index contributed by atoms with van der Waals surface area (Å²) in [6, 6.07) is -4.06. The van der Waals surface area contributed by atoms with E-state index in [4.69, 9.17) is 20.8 Å². The maximum atomic E-state index is 14.4. The molecule has 0 aromatic heterocycles. The molecule has 1 amide bonds. The van der Waals surface area contributed by atoms with Crippen molar-refractivity contribution in [1.29, 1.82) is 0 Å². The van der Waals surface area contributed by atoms with Gasteiger partial charge in [0.2, 0.25) is 0 Å². The number of hydrogen-bond donors (Lipinski definition) is 3. The molecule has 0 heterocycles. The Kier molecular flexibility index (Phi) is 8.52. The topological polar surface area (TPSA) is 122 Å². The molecule has 0 aromatic rings. The first kappa shape index (κ1) is 22.5. The van der Waals surface area contributed by atoms with E-state index >= 15 is 0 Å². The first-order valence-electron chi connectivity index (χ1n) is 7.48. The molecule has 0 aliphatic rings. The zero-order valence-corrected chi connectivity index (χ0v) is 14.3. The molecule has 0 fully saturated rings. The SMILES string of the molecule is CCCC(C(=O)OCC(O)CO)C(F)(F)N(N)C(=O)OC(C)(C)C. The molecular weight excluding hydrogens is 330 g/mol. The van der Waals surface area contributed by atoms with Crippen molar-refractivity contribution in [3.63, 3.8) is 0 Å². The Bertz CT molecular complexity index is 428. The molecule has 8 nitrogen and oxygen atoms in total. The lowest BCUT2D eigenvalue weighted by Crippen LogP contribution is -2.57. The molecular formula is C14H26F2N2O6. The van der Waals surface area contributed by atoms with Gasteiger partial charge in [0.05, 0.1) is 6.61 Å². The number of halogens is 2. The largest absolute Gasteiger partial charge is 0.462 e. The van der Waals surface area contributed by atoms with Crippen molar-refractivity contribution in [2.24, 2.45) is 11.8 Å². The molecule has 2 atom stereocenters. The minimum atomic E-state index is -4.06. The molecule has 0 rings (SSSR count). The highest BCUT2D eigenvalue weighted by molar-refractivity contribution is 5.75. The summed E-state index contributed by atoms with van der Waals surface area (Å²) in [6.07, 6.45) is -2.99. The Hall–Kier alpha value is -1.52. The second-order valence-electron chi connectivity index (χ2n) is 6.25. The van der Waals surface area contributed by atoms with Gasteiger partial charge in [-0.2, -0.15) is 13.8 Å². The molecule has 10 heteroatoms. The van der Waals surface area contributed by atoms with Gasteiger partial charge in [0.15, 0.2) is 0 Å². The molecule has 0 aromatic carbocycles. The van der Waals surface area contributed by atoms with Crippen molar-refractivity contribution < 1.29 is 38.1 Å². The number of aliphatic hydroxyl groups is 2. The molecule has 142 valence electrons. The third kappa shape index (κ3) is 6.93. The second-order valence-corrected chi connectivity index (χ2v) is 6.25. The Labute approximate surface area is 139 Å². The van der Waals surface area contributed by atoms with E-state index in [1.807, 2.05) is 0 Å². The van der Waals surface area contributed by atoms with E-state index in [9.17, 15) is 18.4 Å². The van der Waals surface area contributed by atoms with Crippen LogP contribution < -0.4 is 5.84 Å². The summed E-state index contributed by atoms with van der Waals surface area (Å²) in [4.78, 5) is 23.6. The highest BCUT2D eigenvalue weighted by Gasteiger charge is 2.52. The fourth-order valence-electron chi connectivity index (χ4n) is 1.65. The van der Waals surface area contributed by atoms with Crippen LogP contribution in [0.1, 0.15) is 40.5 Å². The molecule has 2 unspecified atom stereocenters. The zero-order valence-electron chi connectivity index (χ0n) is 14.3. The molecule has 0 saturated heterocycles. The van der Waals surface area contributed by atoms with Gasteiger partial charge in [-0.15, -0.1) is 0 Å². The van der Waals surface area contributed by atoms with Gasteiger partial charge in [-0.05, 0) is 27.2 Å². The predicted molar refractivity (Wildman–Crippen MR) is 79.7 cm³/mol. The van der Waals surface area contributed by atoms with Crippen molar-refractivity contribution in [1.82, 2.24) is 5.01 Å². The molecule has 24 heavy (non-hydrogen) atoms. The molecule has 0 aliphatic carbocycles. The van der Waals surface area contributed by atoms with Crippen LogP contribution in [0.2, 0.25) is 0 Å². The van der Waals surface area contributed by atoms with Crippen LogP contribution in [-0.2, 0) is 14.3 Å². The number of rotatable bonds is 8. The molecule has 0 spiro atoms. The number of nitrogens with zero attached hydrogens (tertiary/aromatic N) is 1. The number of hydrogen-bond acceptors (Lipinski definition) is 7. The van der Waals surface area contributed by atoms with Crippen LogP contribution in [0.5, 0.6) is 0 Å². The highest BCUT2D eigenvalue weighted by atomic mass is 19.3. The minimum absolute atomic E-state index is 0.195. The van der Waals surface area contributed by atoms with Crippen molar-refractivity contribution in [2.75, 3.05) is 13.2 Å². The van der Waals surface area contributed by atoms with Crippen LogP contribution in [0.3, 0.4) is 0 Å². The Balaban J connectivity index is 5.16. The summed E-state index contributed by atoms with van der Waals surface area (Å²) < 4.78 is 38.2. The Morgan fingerprint density at radius 3 is 2.25 bits per heavy atom. The number of amides is 1. The summed E-state index contributed by atoms with van der Waals surface area (Å²) in [5.74, 6) is 1.79. The van der Waals surface area contributed by atoms with Crippen molar-refractivity contribution in [3.8, 4) is 0 Å². The number of aliphatic hydroxyl groups excluding tert-OH is 2. The highest BCUT2D eigenvalue weighted by Crippen LogP contribution is 2.32. The number of alkyl halides is 2. The van der Waals surface area contributed by atoms with Crippen LogP contribution in [0, 0.1) is 5.92 Å². The van der Waals surface area contributed by atoms with Gasteiger partial charge in [0, 0.05) is 0 Å². The zero-order chi connectivity index (χ0) is 19.1. The lowest BCUT2D eigenvalue weighted by atomic mass is 10.0. The second kappa shape index (κ2) is 9.09. The van der Waals surface area contributed by atoms with E-state index in [-0.39, 0.29) is 12.8 Å². The van der Waals surface area contributed by atoms with Crippen LogP contribution >= 0.6 is 0 Å². The molecule has 0 saturated carbocycles. The van der Waals surface area contributed by atoms with E-state index in [1.165, 1.54) is 20.8 Å². The predicted octanol–water partition coefficient (Wildman–Crippen LogP) is 1.00. The van der Waals surface area contributed by atoms with Gasteiger partial charge in [-0.3, -0.25) is 4.79 Å². The smallest absolute Gasteiger partial charge is 0.429 e. The summed E-state index contributed by atoms with van der Waals surface area (Å²) in [5.41, 5.74) is -1.04. The maximum absolute atomic E-state index is 14.4. The van der Waals surface area contributed by atoms with E-state index in [1.54, 1.807) is 6.92 Å². The lowest BCUT2D eigenvalue weighted by Gasteiger charge is -2.33. The summed E-state index contributed by atoms with van der Waals surface area (Å²) in [5, 5.41) is 17.3. The Morgan fingerprint density at radius 2 is 1.83 bits per heavy atom. The van der Waals surface area contributed by atoms with Gasteiger partial charge >= 0.3 is 18.1 Å². The normalized spacial score (nSPS) is 14.7. The van der Waals surface area contributed by atoms with Crippen molar-refractivity contribution in [3.05, 3.63) is 0 Å². The van der Waals surface area contributed by atoms with E-state index in [0.717, 1.165) is 0 Å². The van der Waals surface area contributed by atoms with Crippen LogP contribution in [0.25, 0.3) is 0 Å². The minimum Gasteiger partial charge on any atom is -0.462 e. The quantitative estimate of drug-likeness (QED) is 0.195. The first-order chi connectivity index (χ1) is 10.9. The average molecular weight is 356 g/mol. The van der Waals surface area contributed by atoms with E-state index in [0.29, 0.717) is 0 Å². The molecule has 0 aliphatic heterocycles. The van der Waals surface area contributed by atoms with Gasteiger partial charge in [0.1, 0.15) is 24.2 Å². The van der Waals surface area contributed by atoms with Crippen LogP contribution in [0.15, 0.2) is 0 Å². The standard InChI is InChI=1S/C14H26F2N2O6/c1-5-6-10(11(21)23-8-9(20)7-19)14(15,16)18(17)12(22)24-13(2,3)4/h9-10,19-20H,5-8,17H2,1-4H3. The van der Waals surface area contributed by atoms with Crippen molar-refractivity contribution in [2.45, 2.75) is 58.3 Å². The van der Waals surface area contributed by atoms with Gasteiger partial charge in [0.25, 0.3) is 0 Å². The number of esters is 1. The molecule has 0 bridgehead atoms. The third-order valence-electron chi connectivity index (χ3n) is 2.82. The number of ether oxygens (including phenoxy) is 2.